The van der Waals surface area contributed by atoms with Crippen molar-refractivity contribution >= 4 is 17.3 Å². The van der Waals surface area contributed by atoms with Crippen LogP contribution in [0.5, 0.6) is 0 Å². The Kier molecular flexibility index (Phi) is 3.50. The molecule has 1 amide bonds. The fourth-order valence-corrected chi connectivity index (χ4v) is 3.45. The van der Waals surface area contributed by atoms with Crippen LogP contribution in [0.4, 0.5) is 11.4 Å². The summed E-state index contributed by atoms with van der Waals surface area (Å²) in [5, 5.41) is 14.1. The number of para-hydroxylation sites is 1. The zero-order valence-corrected chi connectivity index (χ0v) is 11.6. The number of benzene rings is 1. The van der Waals surface area contributed by atoms with Crippen LogP contribution in [0, 0.1) is 10.1 Å². The molecule has 2 atom stereocenters. The van der Waals surface area contributed by atoms with Crippen molar-refractivity contribution in [1.82, 2.24) is 10.2 Å². The van der Waals surface area contributed by atoms with Gasteiger partial charge in [-0.05, 0) is 37.9 Å². The first-order chi connectivity index (χ1) is 10.1. The minimum Gasteiger partial charge on any atom is -0.393 e. The quantitative estimate of drug-likeness (QED) is 0.494. The van der Waals surface area contributed by atoms with Gasteiger partial charge in [0.2, 0.25) is 0 Å². The Labute approximate surface area is 122 Å². The molecule has 7 nitrogen and oxygen atoms in total. The standard InChI is InChI=1S/C14H18N4O3/c15-10-4-1-3-9(13(10)18(20)21)14(19)16-11-6-8-17-7-2-5-12(11)17/h1,3-4,11-12H,2,5-8,15H2,(H,16,19). The molecule has 2 heterocycles. The second kappa shape index (κ2) is 5.33. The van der Waals surface area contributed by atoms with Crippen molar-refractivity contribution in [3.05, 3.63) is 33.9 Å². The van der Waals surface area contributed by atoms with E-state index < -0.39 is 10.8 Å². The van der Waals surface area contributed by atoms with E-state index in [0.717, 1.165) is 32.4 Å². The minimum absolute atomic E-state index is 0.0153. The number of anilines is 1. The fraction of sp³-hybridized carbons (Fsp3) is 0.500. The molecule has 21 heavy (non-hydrogen) atoms. The van der Waals surface area contributed by atoms with E-state index >= 15 is 0 Å². The van der Waals surface area contributed by atoms with E-state index in [1.54, 1.807) is 6.07 Å². The molecular formula is C14H18N4O3. The summed E-state index contributed by atoms with van der Waals surface area (Å²) in [5.74, 6) is -0.409. The number of nitrogens with two attached hydrogens (primary N) is 1. The molecule has 2 unspecified atom stereocenters. The molecule has 112 valence electrons. The topological polar surface area (TPSA) is 102 Å². The number of fused-ring (bicyclic) bond motifs is 1. The molecule has 3 N–H and O–H groups in total. The normalized spacial score (nSPS) is 24.8. The van der Waals surface area contributed by atoms with Crippen LogP contribution >= 0.6 is 0 Å². The summed E-state index contributed by atoms with van der Waals surface area (Å²) >= 11 is 0. The molecule has 2 saturated heterocycles. The second-order valence-electron chi connectivity index (χ2n) is 5.61. The largest absolute Gasteiger partial charge is 0.393 e. The summed E-state index contributed by atoms with van der Waals surface area (Å²) in [4.78, 5) is 25.3. The molecule has 2 fully saturated rings. The number of rotatable bonds is 3. The van der Waals surface area contributed by atoms with Crippen LogP contribution in [0.25, 0.3) is 0 Å². The predicted octanol–water partition coefficient (Wildman–Crippen LogP) is 1.14. The molecule has 1 aromatic carbocycles. The highest BCUT2D eigenvalue weighted by Gasteiger charge is 2.38. The molecule has 0 radical (unpaired) electrons. The van der Waals surface area contributed by atoms with Gasteiger partial charge in [0, 0.05) is 18.6 Å². The van der Waals surface area contributed by atoms with Crippen LogP contribution in [0.1, 0.15) is 29.6 Å². The van der Waals surface area contributed by atoms with Gasteiger partial charge in [-0.15, -0.1) is 0 Å². The average Bonchev–Trinajstić information content (AvgIpc) is 3.03. The van der Waals surface area contributed by atoms with E-state index in [-0.39, 0.29) is 23.0 Å². The Bertz CT molecular complexity index is 590. The Balaban J connectivity index is 1.80. The first kappa shape index (κ1) is 13.8. The van der Waals surface area contributed by atoms with Crippen molar-refractivity contribution in [1.29, 1.82) is 0 Å². The van der Waals surface area contributed by atoms with Crippen LogP contribution in [-0.4, -0.2) is 40.9 Å². The first-order valence-corrected chi connectivity index (χ1v) is 7.15. The smallest absolute Gasteiger partial charge is 0.304 e. The van der Waals surface area contributed by atoms with E-state index in [1.807, 2.05) is 0 Å². The monoisotopic (exact) mass is 290 g/mol. The van der Waals surface area contributed by atoms with Gasteiger partial charge in [-0.25, -0.2) is 0 Å². The summed E-state index contributed by atoms with van der Waals surface area (Å²) in [6, 6.07) is 4.89. The zero-order chi connectivity index (χ0) is 15.0. The Morgan fingerprint density at radius 3 is 2.95 bits per heavy atom. The van der Waals surface area contributed by atoms with Crippen LogP contribution < -0.4 is 11.1 Å². The van der Waals surface area contributed by atoms with Crippen molar-refractivity contribution in [2.75, 3.05) is 18.8 Å². The van der Waals surface area contributed by atoms with Gasteiger partial charge in [-0.3, -0.25) is 19.8 Å². The van der Waals surface area contributed by atoms with E-state index in [1.165, 1.54) is 12.1 Å². The number of nitrogens with one attached hydrogen (secondary N) is 1. The number of hydrogen-bond donors (Lipinski definition) is 2. The van der Waals surface area contributed by atoms with Crippen LogP contribution in [-0.2, 0) is 0 Å². The average molecular weight is 290 g/mol. The molecule has 2 aliphatic rings. The SMILES string of the molecule is Nc1cccc(C(=O)NC2CCN3CCCC23)c1[N+](=O)[O-]. The van der Waals surface area contributed by atoms with Crippen LogP contribution in [0.3, 0.4) is 0 Å². The van der Waals surface area contributed by atoms with Crippen molar-refractivity contribution in [2.24, 2.45) is 0 Å². The lowest BCUT2D eigenvalue weighted by molar-refractivity contribution is -0.384. The molecule has 0 aromatic heterocycles. The number of carbonyl (C=O) groups excluding carboxylic acids is 1. The fourth-order valence-electron chi connectivity index (χ4n) is 3.45. The molecule has 2 aliphatic heterocycles. The molecule has 0 aliphatic carbocycles. The predicted molar refractivity (Wildman–Crippen MR) is 78.0 cm³/mol. The van der Waals surface area contributed by atoms with E-state index in [2.05, 4.69) is 10.2 Å². The summed E-state index contributed by atoms with van der Waals surface area (Å²) in [6.07, 6.45) is 3.12. The van der Waals surface area contributed by atoms with Crippen molar-refractivity contribution in [3.63, 3.8) is 0 Å². The number of nitrogen functional groups attached to an aromatic ring is 1. The number of hydrogen-bond acceptors (Lipinski definition) is 5. The third-order valence-corrected chi connectivity index (χ3v) is 4.42. The van der Waals surface area contributed by atoms with Gasteiger partial charge in [-0.1, -0.05) is 6.07 Å². The van der Waals surface area contributed by atoms with Crippen molar-refractivity contribution < 1.29 is 9.72 Å². The molecular weight excluding hydrogens is 272 g/mol. The Morgan fingerprint density at radius 1 is 1.38 bits per heavy atom. The lowest BCUT2D eigenvalue weighted by atomic mass is 10.1. The van der Waals surface area contributed by atoms with Gasteiger partial charge >= 0.3 is 5.69 Å². The highest BCUT2D eigenvalue weighted by Crippen LogP contribution is 2.29. The van der Waals surface area contributed by atoms with Gasteiger partial charge in [0.25, 0.3) is 5.91 Å². The number of amides is 1. The first-order valence-electron chi connectivity index (χ1n) is 7.15. The number of nitro benzene ring substituents is 1. The summed E-state index contributed by atoms with van der Waals surface area (Å²) in [7, 11) is 0. The van der Waals surface area contributed by atoms with Crippen LogP contribution in [0.15, 0.2) is 18.2 Å². The number of carbonyl (C=O) groups is 1. The molecule has 1 aromatic rings. The number of nitrogens with zero attached hydrogens (tertiary/aromatic N) is 2. The molecule has 7 heteroatoms. The van der Waals surface area contributed by atoms with Crippen LogP contribution in [0.2, 0.25) is 0 Å². The van der Waals surface area contributed by atoms with Gasteiger partial charge < -0.3 is 11.1 Å². The minimum atomic E-state index is -0.596. The van der Waals surface area contributed by atoms with Gasteiger partial charge in [-0.2, -0.15) is 0 Å². The zero-order valence-electron chi connectivity index (χ0n) is 11.6. The highest BCUT2D eigenvalue weighted by molar-refractivity contribution is 6.00. The third-order valence-electron chi connectivity index (χ3n) is 4.42. The summed E-state index contributed by atoms with van der Waals surface area (Å²) in [6.45, 7) is 2.06. The lowest BCUT2D eigenvalue weighted by Gasteiger charge is -2.21. The Hall–Kier alpha value is -2.15. The maximum Gasteiger partial charge on any atom is 0.304 e. The lowest BCUT2D eigenvalue weighted by Crippen LogP contribution is -2.42. The summed E-state index contributed by atoms with van der Waals surface area (Å²) in [5.41, 5.74) is 5.37. The maximum atomic E-state index is 12.4. The van der Waals surface area contributed by atoms with Gasteiger partial charge in [0.05, 0.1) is 4.92 Å². The molecule has 3 rings (SSSR count). The third kappa shape index (κ3) is 2.44. The van der Waals surface area contributed by atoms with E-state index in [9.17, 15) is 14.9 Å². The van der Waals surface area contributed by atoms with E-state index in [4.69, 9.17) is 5.73 Å². The van der Waals surface area contributed by atoms with Gasteiger partial charge in [0.15, 0.2) is 0 Å². The highest BCUT2D eigenvalue weighted by atomic mass is 16.6. The summed E-state index contributed by atoms with van der Waals surface area (Å²) < 4.78 is 0. The van der Waals surface area contributed by atoms with Gasteiger partial charge in [0.1, 0.15) is 11.3 Å². The molecule has 0 spiro atoms. The van der Waals surface area contributed by atoms with Crippen molar-refractivity contribution in [2.45, 2.75) is 31.3 Å². The van der Waals surface area contributed by atoms with E-state index in [0.29, 0.717) is 6.04 Å². The number of nitro groups is 1. The van der Waals surface area contributed by atoms with Crippen molar-refractivity contribution in [3.8, 4) is 0 Å². The Morgan fingerprint density at radius 2 is 2.19 bits per heavy atom. The molecule has 0 saturated carbocycles. The second-order valence-corrected chi connectivity index (χ2v) is 5.61. The molecule has 0 bridgehead atoms. The maximum absolute atomic E-state index is 12.4.